The standard InChI is InChI=1S/C21H25NO3/c1-15-7-2-5-12-19(15)22-20(23)14-25-21(24)13-17-10-6-9-16-8-3-4-11-18(16)17/h3-4,6,8-11,15,19H,2,5,7,12-14H2,1H3,(H,22,23)/t15-,19-/m0/s1. The number of ether oxygens (including phenoxy) is 1. The van der Waals surface area contributed by atoms with Crippen LogP contribution in [-0.2, 0) is 20.7 Å². The first-order valence-corrected chi connectivity index (χ1v) is 9.05. The van der Waals surface area contributed by atoms with Gasteiger partial charge in [0.1, 0.15) is 0 Å². The Bertz CT molecular complexity index is 750. The lowest BCUT2D eigenvalue weighted by molar-refractivity contribution is -0.148. The van der Waals surface area contributed by atoms with Crippen molar-refractivity contribution in [3.05, 3.63) is 48.0 Å². The highest BCUT2D eigenvalue weighted by Gasteiger charge is 2.23. The zero-order chi connectivity index (χ0) is 17.6. The molecule has 3 rings (SSSR count). The molecule has 1 aliphatic carbocycles. The molecule has 1 N–H and O–H groups in total. The summed E-state index contributed by atoms with van der Waals surface area (Å²) in [6.45, 7) is 1.96. The zero-order valence-corrected chi connectivity index (χ0v) is 14.7. The van der Waals surface area contributed by atoms with Gasteiger partial charge in [-0.1, -0.05) is 62.2 Å². The molecule has 1 amide bonds. The average Bonchev–Trinajstić information content (AvgIpc) is 2.62. The Hall–Kier alpha value is -2.36. The van der Waals surface area contributed by atoms with Crippen LogP contribution in [0.3, 0.4) is 0 Å². The maximum atomic E-state index is 12.1. The van der Waals surface area contributed by atoms with Gasteiger partial charge in [-0.25, -0.2) is 0 Å². The van der Waals surface area contributed by atoms with Crippen molar-refractivity contribution in [2.24, 2.45) is 5.92 Å². The zero-order valence-electron chi connectivity index (χ0n) is 14.7. The van der Waals surface area contributed by atoms with Crippen LogP contribution < -0.4 is 5.32 Å². The molecule has 0 aliphatic heterocycles. The summed E-state index contributed by atoms with van der Waals surface area (Å²) in [6, 6.07) is 14.0. The predicted molar refractivity (Wildman–Crippen MR) is 98.2 cm³/mol. The summed E-state index contributed by atoms with van der Waals surface area (Å²) in [5.74, 6) is -0.0858. The Morgan fingerprint density at radius 3 is 2.68 bits per heavy atom. The number of amides is 1. The third-order valence-corrected chi connectivity index (χ3v) is 5.04. The quantitative estimate of drug-likeness (QED) is 0.847. The smallest absolute Gasteiger partial charge is 0.310 e. The van der Waals surface area contributed by atoms with Crippen molar-refractivity contribution in [2.45, 2.75) is 45.1 Å². The van der Waals surface area contributed by atoms with Crippen LogP contribution in [0, 0.1) is 5.92 Å². The van der Waals surface area contributed by atoms with Gasteiger partial charge < -0.3 is 10.1 Å². The molecule has 1 saturated carbocycles. The Labute approximate surface area is 148 Å². The molecule has 0 saturated heterocycles. The lowest BCUT2D eigenvalue weighted by atomic mass is 9.86. The number of rotatable bonds is 5. The van der Waals surface area contributed by atoms with E-state index in [1.165, 1.54) is 6.42 Å². The average molecular weight is 339 g/mol. The summed E-state index contributed by atoms with van der Waals surface area (Å²) in [6.07, 6.45) is 4.71. The Morgan fingerprint density at radius 1 is 1.08 bits per heavy atom. The molecule has 1 aliphatic rings. The lowest BCUT2D eigenvalue weighted by Gasteiger charge is -2.29. The van der Waals surface area contributed by atoms with Crippen LogP contribution >= 0.6 is 0 Å². The molecule has 4 nitrogen and oxygen atoms in total. The second-order valence-electron chi connectivity index (χ2n) is 6.91. The number of benzene rings is 2. The van der Waals surface area contributed by atoms with Crippen LogP contribution in [0.15, 0.2) is 42.5 Å². The summed E-state index contributed by atoms with van der Waals surface area (Å²) >= 11 is 0. The number of fused-ring (bicyclic) bond motifs is 1. The molecule has 0 unspecified atom stereocenters. The molecule has 2 aromatic carbocycles. The van der Waals surface area contributed by atoms with Crippen molar-refractivity contribution in [1.29, 1.82) is 0 Å². The number of esters is 1. The van der Waals surface area contributed by atoms with Gasteiger partial charge in [0.25, 0.3) is 5.91 Å². The summed E-state index contributed by atoms with van der Waals surface area (Å²) in [4.78, 5) is 24.2. The number of nitrogens with one attached hydrogen (secondary N) is 1. The number of carbonyl (C=O) groups is 2. The lowest BCUT2D eigenvalue weighted by Crippen LogP contribution is -2.42. The molecular weight excluding hydrogens is 314 g/mol. The maximum absolute atomic E-state index is 12.1. The fourth-order valence-electron chi connectivity index (χ4n) is 3.58. The van der Waals surface area contributed by atoms with E-state index >= 15 is 0 Å². The minimum absolute atomic E-state index is 0.175. The largest absolute Gasteiger partial charge is 0.455 e. The molecule has 2 atom stereocenters. The van der Waals surface area contributed by atoms with Crippen LogP contribution in [0.1, 0.15) is 38.2 Å². The van der Waals surface area contributed by atoms with Crippen LogP contribution in [0.2, 0.25) is 0 Å². The van der Waals surface area contributed by atoms with Crippen molar-refractivity contribution in [1.82, 2.24) is 5.32 Å². The molecule has 25 heavy (non-hydrogen) atoms. The van der Waals surface area contributed by atoms with E-state index in [0.29, 0.717) is 5.92 Å². The van der Waals surface area contributed by atoms with E-state index in [4.69, 9.17) is 4.74 Å². The van der Waals surface area contributed by atoms with Gasteiger partial charge in [0.05, 0.1) is 6.42 Å². The third-order valence-electron chi connectivity index (χ3n) is 5.04. The van der Waals surface area contributed by atoms with E-state index < -0.39 is 0 Å². The van der Waals surface area contributed by atoms with E-state index in [9.17, 15) is 9.59 Å². The normalized spacial score (nSPS) is 20.2. The summed E-state index contributed by atoms with van der Waals surface area (Å²) in [5.41, 5.74) is 0.921. The highest BCUT2D eigenvalue weighted by Crippen LogP contribution is 2.23. The van der Waals surface area contributed by atoms with Crippen LogP contribution in [0.25, 0.3) is 10.8 Å². The van der Waals surface area contributed by atoms with Crippen molar-refractivity contribution in [3.63, 3.8) is 0 Å². The summed E-state index contributed by atoms with van der Waals surface area (Å²) in [5, 5.41) is 5.14. The highest BCUT2D eigenvalue weighted by molar-refractivity contribution is 5.89. The fraction of sp³-hybridized carbons (Fsp3) is 0.429. The van der Waals surface area contributed by atoms with Crippen LogP contribution in [0.4, 0.5) is 0 Å². The van der Waals surface area contributed by atoms with Gasteiger partial charge >= 0.3 is 5.97 Å². The van der Waals surface area contributed by atoms with Crippen LogP contribution in [-0.4, -0.2) is 24.5 Å². The Balaban J connectivity index is 1.51. The first kappa shape index (κ1) is 17.5. The third kappa shape index (κ3) is 4.59. The molecule has 0 heterocycles. The van der Waals surface area contributed by atoms with Crippen molar-refractivity contribution in [2.75, 3.05) is 6.61 Å². The second-order valence-corrected chi connectivity index (χ2v) is 6.91. The molecule has 2 aromatic rings. The second kappa shape index (κ2) is 8.15. The predicted octanol–water partition coefficient (Wildman–Crippen LogP) is 3.62. The van der Waals surface area contributed by atoms with E-state index in [2.05, 4.69) is 12.2 Å². The van der Waals surface area contributed by atoms with E-state index in [-0.39, 0.29) is 30.9 Å². The van der Waals surface area contributed by atoms with Crippen molar-refractivity contribution in [3.8, 4) is 0 Å². The van der Waals surface area contributed by atoms with E-state index in [0.717, 1.165) is 35.6 Å². The molecular formula is C21H25NO3. The molecule has 0 spiro atoms. The topological polar surface area (TPSA) is 55.4 Å². The Kier molecular flexibility index (Phi) is 5.69. The first-order valence-electron chi connectivity index (χ1n) is 9.05. The van der Waals surface area contributed by atoms with Gasteiger partial charge in [-0.2, -0.15) is 0 Å². The molecule has 4 heteroatoms. The summed E-state index contributed by atoms with van der Waals surface area (Å²) in [7, 11) is 0. The number of hydrogen-bond acceptors (Lipinski definition) is 3. The van der Waals surface area contributed by atoms with Gasteiger partial charge in [0.2, 0.25) is 0 Å². The SMILES string of the molecule is C[C@H]1CCCC[C@@H]1NC(=O)COC(=O)Cc1cccc2ccccc12. The van der Waals surface area contributed by atoms with E-state index in [1.807, 2.05) is 42.5 Å². The molecule has 1 fully saturated rings. The fourth-order valence-corrected chi connectivity index (χ4v) is 3.58. The maximum Gasteiger partial charge on any atom is 0.310 e. The van der Waals surface area contributed by atoms with Crippen molar-refractivity contribution < 1.29 is 14.3 Å². The van der Waals surface area contributed by atoms with Gasteiger partial charge in [-0.15, -0.1) is 0 Å². The van der Waals surface area contributed by atoms with Crippen LogP contribution in [0.5, 0.6) is 0 Å². The number of carbonyl (C=O) groups excluding carboxylic acids is 2. The molecule has 0 radical (unpaired) electrons. The molecule has 0 bridgehead atoms. The highest BCUT2D eigenvalue weighted by atomic mass is 16.5. The van der Waals surface area contributed by atoms with Gasteiger partial charge in [0.15, 0.2) is 6.61 Å². The molecule has 132 valence electrons. The monoisotopic (exact) mass is 339 g/mol. The summed E-state index contributed by atoms with van der Waals surface area (Å²) < 4.78 is 5.18. The minimum Gasteiger partial charge on any atom is -0.455 e. The number of hydrogen-bond donors (Lipinski definition) is 1. The van der Waals surface area contributed by atoms with E-state index in [1.54, 1.807) is 0 Å². The van der Waals surface area contributed by atoms with Gasteiger partial charge in [-0.3, -0.25) is 9.59 Å². The first-order chi connectivity index (χ1) is 12.1. The molecule has 0 aromatic heterocycles. The Morgan fingerprint density at radius 2 is 1.84 bits per heavy atom. The van der Waals surface area contributed by atoms with Crippen molar-refractivity contribution >= 4 is 22.6 Å². The van der Waals surface area contributed by atoms with Gasteiger partial charge in [0, 0.05) is 6.04 Å². The van der Waals surface area contributed by atoms with Gasteiger partial charge in [-0.05, 0) is 35.1 Å². The minimum atomic E-state index is -0.372.